The normalized spacial score (nSPS) is 17.9. The van der Waals surface area contributed by atoms with Gasteiger partial charge in [0.25, 0.3) is 0 Å². The first kappa shape index (κ1) is 14.0. The molecule has 1 fully saturated rings. The van der Waals surface area contributed by atoms with Crippen molar-refractivity contribution in [1.82, 2.24) is 4.90 Å². The molecule has 0 saturated carbocycles. The first-order valence-corrected chi connectivity index (χ1v) is 6.23. The Morgan fingerprint density at radius 3 is 2.70 bits per heavy atom. The third-order valence-corrected chi connectivity index (χ3v) is 3.09. The van der Waals surface area contributed by atoms with Gasteiger partial charge in [0, 0.05) is 12.1 Å². The fourth-order valence-corrected chi connectivity index (χ4v) is 2.06. The zero-order valence-corrected chi connectivity index (χ0v) is 11.2. The van der Waals surface area contributed by atoms with E-state index in [0.29, 0.717) is 5.71 Å². The van der Waals surface area contributed by atoms with Crippen molar-refractivity contribution >= 4 is 17.8 Å². The molecule has 1 unspecified atom stereocenters. The molecule has 6 nitrogen and oxygen atoms in total. The molecule has 6 heteroatoms. The highest BCUT2D eigenvalue weighted by Crippen LogP contribution is 2.17. The van der Waals surface area contributed by atoms with Crippen molar-refractivity contribution in [3.05, 3.63) is 35.9 Å². The van der Waals surface area contributed by atoms with Crippen molar-refractivity contribution in [3.8, 4) is 0 Å². The van der Waals surface area contributed by atoms with Gasteiger partial charge in [-0.1, -0.05) is 30.3 Å². The molecular weight excluding hydrogens is 260 g/mol. The molecular formula is C14H16N2O4. The van der Waals surface area contributed by atoms with E-state index in [2.05, 4.69) is 4.74 Å². The lowest BCUT2D eigenvalue weighted by Gasteiger charge is -2.21. The summed E-state index contributed by atoms with van der Waals surface area (Å²) in [5.41, 5.74) is 1.18. The molecule has 1 aromatic carbocycles. The van der Waals surface area contributed by atoms with Gasteiger partial charge >= 0.3 is 12.1 Å². The third-order valence-electron chi connectivity index (χ3n) is 3.09. The van der Waals surface area contributed by atoms with Crippen molar-refractivity contribution in [2.24, 2.45) is 0 Å². The van der Waals surface area contributed by atoms with Crippen LogP contribution >= 0.6 is 0 Å². The Kier molecular flexibility index (Phi) is 4.34. The molecule has 0 spiro atoms. The summed E-state index contributed by atoms with van der Waals surface area (Å²) >= 11 is 0. The number of nitrogens with zero attached hydrogens (tertiary/aromatic N) is 1. The summed E-state index contributed by atoms with van der Waals surface area (Å²) in [5.74, 6) is -0.524. The molecule has 1 amide bonds. The number of methoxy groups -OCH3 is 1. The first-order chi connectivity index (χ1) is 9.61. The summed E-state index contributed by atoms with van der Waals surface area (Å²) in [5, 5.41) is 7.61. The zero-order valence-electron chi connectivity index (χ0n) is 11.2. The van der Waals surface area contributed by atoms with Gasteiger partial charge in [-0.05, 0) is 5.56 Å². The second-order valence-electron chi connectivity index (χ2n) is 4.51. The number of esters is 1. The van der Waals surface area contributed by atoms with Crippen molar-refractivity contribution < 1.29 is 19.1 Å². The van der Waals surface area contributed by atoms with Gasteiger partial charge in [-0.2, -0.15) is 0 Å². The fourth-order valence-electron chi connectivity index (χ4n) is 2.06. The largest absolute Gasteiger partial charge is 0.467 e. The lowest BCUT2D eigenvalue weighted by atomic mass is 10.2. The van der Waals surface area contributed by atoms with E-state index in [0.717, 1.165) is 5.56 Å². The maximum atomic E-state index is 12.0. The number of hydrogen-bond donors (Lipinski definition) is 1. The molecule has 20 heavy (non-hydrogen) atoms. The zero-order chi connectivity index (χ0) is 14.5. The summed E-state index contributed by atoms with van der Waals surface area (Å²) in [6.45, 7) is 0.241. The molecule has 0 aliphatic carbocycles. The van der Waals surface area contributed by atoms with Crippen LogP contribution < -0.4 is 0 Å². The minimum atomic E-state index is -0.754. The predicted molar refractivity (Wildman–Crippen MR) is 71.5 cm³/mol. The van der Waals surface area contributed by atoms with Crippen LogP contribution in [0.2, 0.25) is 0 Å². The van der Waals surface area contributed by atoms with Gasteiger partial charge < -0.3 is 14.9 Å². The summed E-state index contributed by atoms with van der Waals surface area (Å²) in [7, 11) is 1.26. The van der Waals surface area contributed by atoms with Crippen molar-refractivity contribution in [1.29, 1.82) is 5.41 Å². The Balaban J connectivity index is 1.97. The molecule has 0 radical (unpaired) electrons. The van der Waals surface area contributed by atoms with Gasteiger partial charge in [-0.25, -0.2) is 9.59 Å². The van der Waals surface area contributed by atoms with Crippen LogP contribution in [0.1, 0.15) is 12.0 Å². The van der Waals surface area contributed by atoms with Gasteiger partial charge in [0.15, 0.2) is 0 Å². The van der Waals surface area contributed by atoms with E-state index in [1.165, 1.54) is 12.0 Å². The SMILES string of the molecule is COC(=O)C1CC(=N)CN1C(=O)OCc1ccccc1. The van der Waals surface area contributed by atoms with E-state index in [-0.39, 0.29) is 19.6 Å². The number of rotatable bonds is 3. The van der Waals surface area contributed by atoms with E-state index in [1.807, 2.05) is 30.3 Å². The van der Waals surface area contributed by atoms with E-state index in [1.54, 1.807) is 0 Å². The summed E-state index contributed by atoms with van der Waals surface area (Å²) in [6, 6.07) is 8.52. The molecule has 1 aliphatic rings. The third kappa shape index (κ3) is 3.14. The molecule has 2 rings (SSSR count). The molecule has 1 aliphatic heterocycles. The Morgan fingerprint density at radius 1 is 1.35 bits per heavy atom. The number of carbonyl (C=O) groups is 2. The van der Waals surface area contributed by atoms with Crippen molar-refractivity contribution in [3.63, 3.8) is 0 Å². The number of hydrogen-bond acceptors (Lipinski definition) is 5. The van der Waals surface area contributed by atoms with E-state index < -0.39 is 18.1 Å². The van der Waals surface area contributed by atoms with Crippen LogP contribution in [0.25, 0.3) is 0 Å². The maximum Gasteiger partial charge on any atom is 0.411 e. The minimum absolute atomic E-state index is 0.105. The van der Waals surface area contributed by atoms with Gasteiger partial charge in [0.2, 0.25) is 0 Å². The first-order valence-electron chi connectivity index (χ1n) is 6.23. The molecule has 0 bridgehead atoms. The van der Waals surface area contributed by atoms with Crippen LogP contribution in [0.3, 0.4) is 0 Å². The van der Waals surface area contributed by atoms with E-state index >= 15 is 0 Å². The molecule has 1 atom stereocenters. The van der Waals surface area contributed by atoms with Crippen LogP contribution in [0.15, 0.2) is 30.3 Å². The van der Waals surface area contributed by atoms with Crippen molar-refractivity contribution in [2.75, 3.05) is 13.7 Å². The molecule has 1 heterocycles. The number of nitrogens with one attached hydrogen (secondary N) is 1. The van der Waals surface area contributed by atoms with Gasteiger partial charge in [0.05, 0.1) is 13.7 Å². The quantitative estimate of drug-likeness (QED) is 0.850. The Morgan fingerprint density at radius 2 is 2.05 bits per heavy atom. The van der Waals surface area contributed by atoms with Gasteiger partial charge in [-0.3, -0.25) is 4.90 Å². The average molecular weight is 276 g/mol. The predicted octanol–water partition coefficient (Wildman–Crippen LogP) is 1.59. The number of ether oxygens (including phenoxy) is 2. The van der Waals surface area contributed by atoms with Crippen molar-refractivity contribution in [2.45, 2.75) is 19.1 Å². The number of carbonyl (C=O) groups excluding carboxylic acids is 2. The van der Waals surface area contributed by atoms with Crippen LogP contribution in [0, 0.1) is 5.41 Å². The molecule has 0 aromatic heterocycles. The van der Waals surface area contributed by atoms with Crippen LogP contribution in [-0.2, 0) is 20.9 Å². The lowest BCUT2D eigenvalue weighted by Crippen LogP contribution is -2.41. The topological polar surface area (TPSA) is 79.7 Å². The highest BCUT2D eigenvalue weighted by atomic mass is 16.6. The standard InChI is InChI=1S/C14H16N2O4/c1-19-13(17)12-7-11(15)8-16(12)14(18)20-9-10-5-3-2-4-6-10/h2-6,12,15H,7-9H2,1H3. The highest BCUT2D eigenvalue weighted by Gasteiger charge is 2.38. The molecule has 106 valence electrons. The minimum Gasteiger partial charge on any atom is -0.467 e. The van der Waals surface area contributed by atoms with Gasteiger partial charge in [0.1, 0.15) is 12.6 Å². The summed E-state index contributed by atoms with van der Waals surface area (Å²) in [4.78, 5) is 24.8. The highest BCUT2D eigenvalue weighted by molar-refractivity contribution is 5.97. The van der Waals surface area contributed by atoms with E-state index in [9.17, 15) is 9.59 Å². The molecule has 1 saturated heterocycles. The van der Waals surface area contributed by atoms with Crippen LogP contribution in [-0.4, -0.2) is 42.4 Å². The monoisotopic (exact) mass is 276 g/mol. The second kappa shape index (κ2) is 6.18. The Hall–Kier alpha value is -2.37. The smallest absolute Gasteiger partial charge is 0.411 e. The van der Waals surface area contributed by atoms with E-state index in [4.69, 9.17) is 10.1 Å². The number of benzene rings is 1. The van der Waals surface area contributed by atoms with Crippen LogP contribution in [0.5, 0.6) is 0 Å². The average Bonchev–Trinajstić information content (AvgIpc) is 2.87. The fraction of sp³-hybridized carbons (Fsp3) is 0.357. The van der Waals surface area contributed by atoms with Crippen LogP contribution in [0.4, 0.5) is 4.79 Å². The second-order valence-corrected chi connectivity index (χ2v) is 4.51. The molecule has 1 aromatic rings. The summed E-state index contributed by atoms with van der Waals surface area (Å²) in [6.07, 6.45) is -0.404. The molecule has 1 N–H and O–H groups in total. The maximum absolute atomic E-state index is 12.0. The number of likely N-dealkylation sites (tertiary alicyclic amines) is 1. The summed E-state index contributed by atoms with van der Waals surface area (Å²) < 4.78 is 9.81. The van der Waals surface area contributed by atoms with Gasteiger partial charge in [-0.15, -0.1) is 0 Å². The number of amides is 1. The Bertz CT molecular complexity index is 515. The Labute approximate surface area is 116 Å². The lowest BCUT2D eigenvalue weighted by molar-refractivity contribution is -0.145.